The minimum absolute atomic E-state index is 0.283. The molecule has 1 aromatic rings. The zero-order chi connectivity index (χ0) is 13.7. The minimum atomic E-state index is 0.283. The summed E-state index contributed by atoms with van der Waals surface area (Å²) in [6.07, 6.45) is 1.36. The summed E-state index contributed by atoms with van der Waals surface area (Å²) in [7, 11) is 0. The molecule has 0 amide bonds. The fraction of sp³-hybridized carbons (Fsp3) is 0.600. The van der Waals surface area contributed by atoms with Gasteiger partial charge in [0.05, 0.1) is 6.10 Å². The van der Waals surface area contributed by atoms with E-state index in [1.54, 1.807) is 0 Å². The summed E-state index contributed by atoms with van der Waals surface area (Å²) in [5.41, 5.74) is 2.55. The molecule has 0 radical (unpaired) electrons. The molecule has 1 aliphatic rings. The summed E-state index contributed by atoms with van der Waals surface area (Å²) in [5, 5.41) is 4.18. The van der Waals surface area contributed by atoms with Crippen LogP contribution in [0.2, 0.25) is 5.02 Å². The molecule has 1 atom stereocenters. The molecule has 0 aliphatic carbocycles. The van der Waals surface area contributed by atoms with E-state index in [1.807, 2.05) is 6.07 Å². The first-order chi connectivity index (χ1) is 9.20. The van der Waals surface area contributed by atoms with Gasteiger partial charge in [-0.15, -0.1) is 0 Å². The fourth-order valence-corrected chi connectivity index (χ4v) is 2.67. The molecular weight excluding hydrogens is 260 g/mol. The number of hydrogen-bond acceptors (Lipinski definition) is 3. The van der Waals surface area contributed by atoms with Gasteiger partial charge < -0.3 is 15.0 Å². The van der Waals surface area contributed by atoms with Crippen LogP contribution in [0.1, 0.15) is 25.8 Å². The standard InChI is InChI=1S/C15H23ClN2O/c1-3-17-10-13-9-14(16)5-6-15(13)18-7-4-8-19-12(2)11-18/h5-6,9,12,17H,3-4,7-8,10-11H2,1-2H3. The maximum Gasteiger partial charge on any atom is 0.0721 e. The van der Waals surface area contributed by atoms with Crippen molar-refractivity contribution in [2.75, 3.05) is 31.1 Å². The monoisotopic (exact) mass is 282 g/mol. The van der Waals surface area contributed by atoms with E-state index in [1.165, 1.54) is 11.3 Å². The molecule has 0 aromatic heterocycles. The molecule has 1 N–H and O–H groups in total. The van der Waals surface area contributed by atoms with E-state index in [9.17, 15) is 0 Å². The van der Waals surface area contributed by atoms with E-state index in [0.717, 1.165) is 44.2 Å². The highest BCUT2D eigenvalue weighted by Gasteiger charge is 2.17. The third kappa shape index (κ3) is 4.10. The molecule has 1 unspecified atom stereocenters. The normalized spacial score (nSPS) is 20.4. The second-order valence-electron chi connectivity index (χ2n) is 5.03. The molecule has 1 aromatic carbocycles. The molecule has 2 rings (SSSR count). The van der Waals surface area contributed by atoms with Crippen LogP contribution in [-0.4, -0.2) is 32.3 Å². The summed E-state index contributed by atoms with van der Waals surface area (Å²) in [6.45, 7) is 8.92. The number of ether oxygens (including phenoxy) is 1. The van der Waals surface area contributed by atoms with Crippen LogP contribution in [0.25, 0.3) is 0 Å². The highest BCUT2D eigenvalue weighted by molar-refractivity contribution is 6.30. The Labute approximate surface area is 120 Å². The number of hydrogen-bond donors (Lipinski definition) is 1. The number of benzene rings is 1. The first kappa shape index (κ1) is 14.6. The van der Waals surface area contributed by atoms with Crippen molar-refractivity contribution in [1.29, 1.82) is 0 Å². The number of nitrogens with one attached hydrogen (secondary N) is 1. The van der Waals surface area contributed by atoms with Crippen molar-refractivity contribution < 1.29 is 4.74 Å². The van der Waals surface area contributed by atoms with E-state index >= 15 is 0 Å². The molecule has 106 valence electrons. The van der Waals surface area contributed by atoms with E-state index in [-0.39, 0.29) is 6.10 Å². The van der Waals surface area contributed by atoms with Crippen LogP contribution in [-0.2, 0) is 11.3 Å². The fourth-order valence-electron chi connectivity index (χ4n) is 2.48. The lowest BCUT2D eigenvalue weighted by Crippen LogP contribution is -2.31. The average Bonchev–Trinajstić information content (AvgIpc) is 2.61. The van der Waals surface area contributed by atoms with E-state index < -0.39 is 0 Å². The largest absolute Gasteiger partial charge is 0.377 e. The van der Waals surface area contributed by atoms with Crippen LogP contribution in [0.4, 0.5) is 5.69 Å². The molecule has 0 bridgehead atoms. The topological polar surface area (TPSA) is 24.5 Å². The van der Waals surface area contributed by atoms with Crippen molar-refractivity contribution in [3.05, 3.63) is 28.8 Å². The van der Waals surface area contributed by atoms with Crippen LogP contribution in [0.5, 0.6) is 0 Å². The van der Waals surface area contributed by atoms with Crippen molar-refractivity contribution >= 4 is 17.3 Å². The van der Waals surface area contributed by atoms with E-state index in [2.05, 4.69) is 36.2 Å². The quantitative estimate of drug-likeness (QED) is 0.919. The van der Waals surface area contributed by atoms with Crippen molar-refractivity contribution in [1.82, 2.24) is 5.32 Å². The zero-order valence-corrected chi connectivity index (χ0v) is 12.5. The van der Waals surface area contributed by atoms with Gasteiger partial charge in [-0.2, -0.15) is 0 Å². The first-order valence-corrected chi connectivity index (χ1v) is 7.44. The van der Waals surface area contributed by atoms with Crippen molar-refractivity contribution in [2.24, 2.45) is 0 Å². The van der Waals surface area contributed by atoms with Gasteiger partial charge in [-0.3, -0.25) is 0 Å². The predicted octanol–water partition coefficient (Wildman–Crippen LogP) is 3.06. The average molecular weight is 283 g/mol. The lowest BCUT2D eigenvalue weighted by molar-refractivity contribution is 0.0821. The molecule has 0 saturated carbocycles. The lowest BCUT2D eigenvalue weighted by atomic mass is 10.1. The third-order valence-electron chi connectivity index (χ3n) is 3.40. The smallest absolute Gasteiger partial charge is 0.0721 e. The van der Waals surface area contributed by atoms with Gasteiger partial charge in [0, 0.05) is 37.0 Å². The Morgan fingerprint density at radius 2 is 2.32 bits per heavy atom. The van der Waals surface area contributed by atoms with Crippen molar-refractivity contribution in [3.8, 4) is 0 Å². The Morgan fingerprint density at radius 3 is 3.11 bits per heavy atom. The molecule has 1 heterocycles. The lowest BCUT2D eigenvalue weighted by Gasteiger charge is -2.27. The molecule has 1 saturated heterocycles. The SMILES string of the molecule is CCNCc1cc(Cl)ccc1N1CCCOC(C)C1. The Morgan fingerprint density at radius 1 is 1.47 bits per heavy atom. The van der Waals surface area contributed by atoms with Gasteiger partial charge in [-0.1, -0.05) is 18.5 Å². The Hall–Kier alpha value is -0.770. The van der Waals surface area contributed by atoms with E-state index in [0.29, 0.717) is 0 Å². The van der Waals surface area contributed by atoms with Crippen molar-refractivity contribution in [2.45, 2.75) is 32.9 Å². The highest BCUT2D eigenvalue weighted by atomic mass is 35.5. The number of rotatable bonds is 4. The summed E-state index contributed by atoms with van der Waals surface area (Å²) in [4.78, 5) is 2.42. The van der Waals surface area contributed by atoms with Crippen LogP contribution in [0.3, 0.4) is 0 Å². The molecule has 19 heavy (non-hydrogen) atoms. The maximum absolute atomic E-state index is 6.12. The van der Waals surface area contributed by atoms with E-state index in [4.69, 9.17) is 16.3 Å². The third-order valence-corrected chi connectivity index (χ3v) is 3.64. The molecule has 0 spiro atoms. The number of nitrogens with zero attached hydrogens (tertiary/aromatic N) is 1. The van der Waals surface area contributed by atoms with Crippen molar-refractivity contribution in [3.63, 3.8) is 0 Å². The van der Waals surface area contributed by atoms with Crippen LogP contribution < -0.4 is 10.2 Å². The Kier molecular flexibility index (Phi) is 5.49. The van der Waals surface area contributed by atoms with Crippen LogP contribution in [0.15, 0.2) is 18.2 Å². The summed E-state index contributed by atoms with van der Waals surface area (Å²) in [6, 6.07) is 6.17. The summed E-state index contributed by atoms with van der Waals surface area (Å²) < 4.78 is 5.72. The minimum Gasteiger partial charge on any atom is -0.377 e. The van der Waals surface area contributed by atoms with Gasteiger partial charge >= 0.3 is 0 Å². The predicted molar refractivity (Wildman–Crippen MR) is 81.1 cm³/mol. The molecule has 4 heteroatoms. The molecule has 1 aliphatic heterocycles. The van der Waals surface area contributed by atoms with Gasteiger partial charge in [0.1, 0.15) is 0 Å². The first-order valence-electron chi connectivity index (χ1n) is 7.06. The molecule has 1 fully saturated rings. The maximum atomic E-state index is 6.12. The van der Waals surface area contributed by atoms with Crippen LogP contribution in [0, 0.1) is 0 Å². The second-order valence-corrected chi connectivity index (χ2v) is 5.47. The summed E-state index contributed by atoms with van der Waals surface area (Å²) >= 11 is 6.12. The van der Waals surface area contributed by atoms with Gasteiger partial charge in [-0.25, -0.2) is 0 Å². The highest BCUT2D eigenvalue weighted by Crippen LogP contribution is 2.26. The van der Waals surface area contributed by atoms with Gasteiger partial charge in [-0.05, 0) is 43.7 Å². The van der Waals surface area contributed by atoms with Crippen LogP contribution >= 0.6 is 11.6 Å². The summed E-state index contributed by atoms with van der Waals surface area (Å²) in [5.74, 6) is 0. The van der Waals surface area contributed by atoms with Gasteiger partial charge in [0.25, 0.3) is 0 Å². The zero-order valence-electron chi connectivity index (χ0n) is 11.8. The van der Waals surface area contributed by atoms with Gasteiger partial charge in [0.15, 0.2) is 0 Å². The number of anilines is 1. The Balaban J connectivity index is 2.21. The Bertz CT molecular complexity index is 411. The molecular formula is C15H23ClN2O. The van der Waals surface area contributed by atoms with Gasteiger partial charge in [0.2, 0.25) is 0 Å². The molecule has 3 nitrogen and oxygen atoms in total. The number of halogens is 1. The second kappa shape index (κ2) is 7.13.